The molecule has 0 aliphatic carbocycles. The molecule has 0 spiro atoms. The van der Waals surface area contributed by atoms with Crippen molar-refractivity contribution in [3.05, 3.63) is 31.7 Å². The van der Waals surface area contributed by atoms with Gasteiger partial charge in [-0.2, -0.15) is 0 Å². The summed E-state index contributed by atoms with van der Waals surface area (Å²) in [5.41, 5.74) is 6.52. The summed E-state index contributed by atoms with van der Waals surface area (Å²) in [6.07, 6.45) is 0.466. The quantitative estimate of drug-likeness (QED) is 0.595. The van der Waals surface area contributed by atoms with Gasteiger partial charge in [-0.3, -0.25) is 4.79 Å². The number of halogens is 4. The average molecular weight is 345 g/mol. The van der Waals surface area contributed by atoms with Gasteiger partial charge in [-0.15, -0.1) is 0 Å². The van der Waals surface area contributed by atoms with E-state index in [-0.39, 0.29) is 27.4 Å². The molecule has 0 aliphatic heterocycles. The second kappa shape index (κ2) is 7.00. The van der Waals surface area contributed by atoms with Crippen LogP contribution in [0.5, 0.6) is 0 Å². The summed E-state index contributed by atoms with van der Waals surface area (Å²) < 4.78 is 0. The van der Waals surface area contributed by atoms with Crippen molar-refractivity contribution in [3.8, 4) is 0 Å². The molecule has 0 heterocycles. The molecule has 0 fully saturated rings. The lowest BCUT2D eigenvalue weighted by Crippen LogP contribution is -2.17. The van der Waals surface area contributed by atoms with E-state index in [0.717, 1.165) is 0 Å². The first-order valence-electron chi connectivity index (χ1n) is 5.54. The van der Waals surface area contributed by atoms with Gasteiger partial charge in [0, 0.05) is 23.0 Å². The Bertz CT molecular complexity index is 493. The lowest BCUT2D eigenvalue weighted by atomic mass is 9.94. The van der Waals surface area contributed by atoms with E-state index in [9.17, 15) is 4.79 Å². The van der Waals surface area contributed by atoms with Gasteiger partial charge in [-0.1, -0.05) is 53.3 Å². The lowest BCUT2D eigenvalue weighted by molar-refractivity contribution is -0.138. The van der Waals surface area contributed by atoms with Crippen LogP contribution >= 0.6 is 46.4 Å². The van der Waals surface area contributed by atoms with E-state index >= 15 is 0 Å². The molecule has 0 aliphatic rings. The number of aliphatic carboxylic acids is 1. The highest BCUT2D eigenvalue weighted by Crippen LogP contribution is 2.41. The van der Waals surface area contributed by atoms with E-state index in [0.29, 0.717) is 17.0 Å². The minimum atomic E-state index is -0.869. The summed E-state index contributed by atoms with van der Waals surface area (Å²) in [5, 5.41) is 9.72. The zero-order valence-corrected chi connectivity index (χ0v) is 13.1. The molecule has 2 atom stereocenters. The Balaban J connectivity index is 2.97. The monoisotopic (exact) mass is 343 g/mol. The van der Waals surface area contributed by atoms with Gasteiger partial charge < -0.3 is 10.8 Å². The molecule has 0 saturated heterocycles. The molecular formula is C12H13Cl4NO2. The van der Waals surface area contributed by atoms with Crippen LogP contribution in [0, 0.1) is 5.92 Å². The predicted octanol–water partition coefficient (Wildman–Crippen LogP) is 4.80. The van der Waals surface area contributed by atoms with E-state index in [4.69, 9.17) is 57.2 Å². The Morgan fingerprint density at radius 1 is 1.26 bits per heavy atom. The van der Waals surface area contributed by atoms with Crippen molar-refractivity contribution in [2.75, 3.05) is 0 Å². The van der Waals surface area contributed by atoms with Gasteiger partial charge in [-0.25, -0.2) is 0 Å². The molecule has 0 aromatic heterocycles. The topological polar surface area (TPSA) is 63.3 Å². The minimum Gasteiger partial charge on any atom is -0.481 e. The summed E-state index contributed by atoms with van der Waals surface area (Å²) in [5.74, 6) is -0.972. The molecule has 2 unspecified atom stereocenters. The van der Waals surface area contributed by atoms with Crippen LogP contribution in [0.4, 0.5) is 0 Å². The van der Waals surface area contributed by atoms with E-state index in [1.54, 1.807) is 6.92 Å². The van der Waals surface area contributed by atoms with Crippen molar-refractivity contribution in [1.82, 2.24) is 0 Å². The molecule has 0 saturated carbocycles. The maximum absolute atomic E-state index is 10.6. The van der Waals surface area contributed by atoms with Crippen LogP contribution in [0.2, 0.25) is 20.1 Å². The second-order valence-electron chi connectivity index (χ2n) is 4.43. The van der Waals surface area contributed by atoms with Crippen molar-refractivity contribution in [2.45, 2.75) is 25.8 Å². The summed E-state index contributed by atoms with van der Waals surface area (Å²) in [6.45, 7) is 1.80. The number of rotatable bonds is 5. The molecule has 3 N–H and O–H groups in total. The number of carbonyl (C=O) groups is 1. The van der Waals surface area contributed by atoms with Gasteiger partial charge in [-0.05, 0) is 18.4 Å². The maximum Gasteiger partial charge on any atom is 0.303 e. The van der Waals surface area contributed by atoms with Crippen molar-refractivity contribution in [3.63, 3.8) is 0 Å². The van der Waals surface area contributed by atoms with Gasteiger partial charge in [0.1, 0.15) is 0 Å². The third-order valence-electron chi connectivity index (χ3n) is 2.70. The predicted molar refractivity (Wildman–Crippen MR) is 79.4 cm³/mol. The molecule has 1 aromatic rings. The van der Waals surface area contributed by atoms with Crippen LogP contribution in [0.3, 0.4) is 0 Å². The molecule has 0 radical (unpaired) electrons. The summed E-state index contributed by atoms with van der Waals surface area (Å²) >= 11 is 24.0. The molecule has 3 nitrogen and oxygen atoms in total. The van der Waals surface area contributed by atoms with Crippen LogP contribution in [0.15, 0.2) is 6.07 Å². The molecule has 106 valence electrons. The summed E-state index contributed by atoms with van der Waals surface area (Å²) in [7, 11) is 0. The molecular weight excluding hydrogens is 332 g/mol. The van der Waals surface area contributed by atoms with Gasteiger partial charge in [0.05, 0.1) is 15.1 Å². The van der Waals surface area contributed by atoms with Gasteiger partial charge in [0.2, 0.25) is 0 Å². The molecule has 0 amide bonds. The molecule has 7 heteroatoms. The van der Waals surface area contributed by atoms with E-state index in [1.165, 1.54) is 6.07 Å². The molecule has 1 rings (SSSR count). The first-order chi connectivity index (χ1) is 8.73. The van der Waals surface area contributed by atoms with Gasteiger partial charge >= 0.3 is 5.97 Å². The number of carboxylic acids is 1. The van der Waals surface area contributed by atoms with Crippen molar-refractivity contribution < 1.29 is 9.90 Å². The Morgan fingerprint density at radius 2 is 1.84 bits per heavy atom. The van der Waals surface area contributed by atoms with Crippen molar-refractivity contribution >= 4 is 52.4 Å². The summed E-state index contributed by atoms with van der Waals surface area (Å²) in [4.78, 5) is 10.6. The van der Waals surface area contributed by atoms with Gasteiger partial charge in [0.15, 0.2) is 0 Å². The summed E-state index contributed by atoms with van der Waals surface area (Å²) in [6, 6.07) is 0.984. The molecule has 1 aromatic carbocycles. The maximum atomic E-state index is 10.6. The largest absolute Gasteiger partial charge is 0.481 e. The number of benzene rings is 1. The number of nitrogens with two attached hydrogens (primary N) is 1. The first kappa shape index (κ1) is 16.9. The third kappa shape index (κ3) is 4.40. The highest BCUT2D eigenvalue weighted by molar-refractivity contribution is 6.49. The SMILES string of the molecule is CC(CC(=O)O)CC(N)c1c(Cl)cc(Cl)c(Cl)c1Cl. The van der Waals surface area contributed by atoms with E-state index < -0.39 is 12.0 Å². The van der Waals surface area contributed by atoms with Crippen LogP contribution in [-0.2, 0) is 4.79 Å². The van der Waals surface area contributed by atoms with Crippen LogP contribution in [-0.4, -0.2) is 11.1 Å². The molecule has 19 heavy (non-hydrogen) atoms. The fourth-order valence-corrected chi connectivity index (χ4v) is 3.05. The third-order valence-corrected chi connectivity index (χ3v) is 4.29. The van der Waals surface area contributed by atoms with E-state index in [1.807, 2.05) is 0 Å². The van der Waals surface area contributed by atoms with E-state index in [2.05, 4.69) is 0 Å². The van der Waals surface area contributed by atoms with Gasteiger partial charge in [0.25, 0.3) is 0 Å². The highest BCUT2D eigenvalue weighted by atomic mass is 35.5. The zero-order chi connectivity index (χ0) is 14.7. The first-order valence-corrected chi connectivity index (χ1v) is 7.05. The zero-order valence-electron chi connectivity index (χ0n) is 10.1. The Morgan fingerprint density at radius 3 is 2.37 bits per heavy atom. The molecule has 0 bridgehead atoms. The lowest BCUT2D eigenvalue weighted by Gasteiger charge is -2.19. The number of carboxylic acid groups (broad SMARTS) is 1. The Kier molecular flexibility index (Phi) is 6.21. The van der Waals surface area contributed by atoms with Crippen LogP contribution in [0.25, 0.3) is 0 Å². The van der Waals surface area contributed by atoms with Crippen molar-refractivity contribution in [1.29, 1.82) is 0 Å². The fraction of sp³-hybridized carbons (Fsp3) is 0.417. The fourth-order valence-electron chi connectivity index (χ4n) is 1.85. The standard InChI is InChI=1S/C12H13Cl4NO2/c1-5(3-9(18)19)2-8(17)10-6(13)4-7(14)11(15)12(10)16/h4-5,8H,2-3,17H2,1H3,(H,18,19). The number of hydrogen-bond donors (Lipinski definition) is 2. The number of hydrogen-bond acceptors (Lipinski definition) is 2. The minimum absolute atomic E-state index is 0.0320. The van der Waals surface area contributed by atoms with Crippen molar-refractivity contribution in [2.24, 2.45) is 11.7 Å². The normalized spacial score (nSPS) is 14.2. The van der Waals surface area contributed by atoms with Crippen LogP contribution in [0.1, 0.15) is 31.4 Å². The Labute approximate surface area is 131 Å². The average Bonchev–Trinajstić information content (AvgIpc) is 2.24. The second-order valence-corrected chi connectivity index (χ2v) is 6.00. The Hall–Kier alpha value is -0.190. The smallest absolute Gasteiger partial charge is 0.303 e. The highest BCUT2D eigenvalue weighted by Gasteiger charge is 2.21. The van der Waals surface area contributed by atoms with Crippen LogP contribution < -0.4 is 5.73 Å².